The molecule has 0 saturated carbocycles. The first-order valence-corrected chi connectivity index (χ1v) is 10.1. The van der Waals surface area contributed by atoms with Gasteiger partial charge in [0.15, 0.2) is 0 Å². The zero-order chi connectivity index (χ0) is 21.4. The number of aryl methyl sites for hydroxylation is 1. The first-order chi connectivity index (χ1) is 14.4. The fourth-order valence-electron chi connectivity index (χ4n) is 3.64. The average Bonchev–Trinajstić information content (AvgIpc) is 3.35. The molecule has 152 valence electrons. The van der Waals surface area contributed by atoms with Crippen LogP contribution in [-0.2, 0) is 9.59 Å². The Labute approximate surface area is 176 Å². The van der Waals surface area contributed by atoms with Crippen LogP contribution in [0.1, 0.15) is 22.0 Å². The van der Waals surface area contributed by atoms with E-state index in [9.17, 15) is 19.1 Å². The predicted octanol–water partition coefficient (Wildman–Crippen LogP) is 4.83. The monoisotopic (exact) mass is 423 g/mol. The maximum atomic E-state index is 13.9. The zero-order valence-electron chi connectivity index (χ0n) is 16.3. The van der Waals surface area contributed by atoms with Crippen LogP contribution in [0, 0.1) is 12.7 Å². The number of aliphatic hydroxyl groups excluding tert-OH is 1. The van der Waals surface area contributed by atoms with Gasteiger partial charge in [-0.25, -0.2) is 4.39 Å². The van der Waals surface area contributed by atoms with E-state index in [1.165, 1.54) is 35.5 Å². The molecule has 1 saturated heterocycles. The summed E-state index contributed by atoms with van der Waals surface area (Å²) in [6.07, 6.45) is 0. The van der Waals surface area contributed by atoms with Crippen molar-refractivity contribution >= 4 is 34.5 Å². The maximum Gasteiger partial charge on any atom is 0.300 e. The van der Waals surface area contributed by atoms with Gasteiger partial charge in [0.25, 0.3) is 11.7 Å². The van der Waals surface area contributed by atoms with Crippen molar-refractivity contribution in [2.75, 3.05) is 12.0 Å². The number of Topliss-reactive ketones (excluding diaryl/α,β-unsaturated/α-hetero) is 1. The third-order valence-electron chi connectivity index (χ3n) is 5.05. The Hall–Kier alpha value is -3.45. The highest BCUT2D eigenvalue weighted by Crippen LogP contribution is 2.45. The first-order valence-electron chi connectivity index (χ1n) is 9.18. The number of thiophene rings is 1. The second-order valence-electron chi connectivity index (χ2n) is 6.82. The van der Waals surface area contributed by atoms with Crippen LogP contribution in [-0.4, -0.2) is 23.9 Å². The number of carbonyl (C=O) groups is 2. The number of benzene rings is 2. The van der Waals surface area contributed by atoms with Crippen molar-refractivity contribution in [3.63, 3.8) is 0 Å². The number of anilines is 1. The van der Waals surface area contributed by atoms with E-state index in [1.54, 1.807) is 24.3 Å². The van der Waals surface area contributed by atoms with Gasteiger partial charge in [-0.2, -0.15) is 0 Å². The van der Waals surface area contributed by atoms with Gasteiger partial charge < -0.3 is 9.84 Å². The summed E-state index contributed by atoms with van der Waals surface area (Å²) in [4.78, 5) is 28.2. The molecule has 0 bridgehead atoms. The Morgan fingerprint density at radius 1 is 1.13 bits per heavy atom. The summed E-state index contributed by atoms with van der Waals surface area (Å²) < 4.78 is 19.2. The minimum Gasteiger partial charge on any atom is -0.507 e. The fraction of sp³-hybridized carbons (Fsp3) is 0.130. The Morgan fingerprint density at radius 2 is 1.90 bits per heavy atom. The lowest BCUT2D eigenvalue weighted by atomic mass is 9.99. The van der Waals surface area contributed by atoms with Crippen LogP contribution in [0.25, 0.3) is 5.76 Å². The van der Waals surface area contributed by atoms with E-state index in [2.05, 4.69) is 0 Å². The van der Waals surface area contributed by atoms with Gasteiger partial charge in [0, 0.05) is 10.6 Å². The van der Waals surface area contributed by atoms with Gasteiger partial charge in [-0.3, -0.25) is 14.5 Å². The summed E-state index contributed by atoms with van der Waals surface area (Å²) in [6, 6.07) is 13.6. The van der Waals surface area contributed by atoms with Crippen LogP contribution >= 0.6 is 11.3 Å². The van der Waals surface area contributed by atoms with Crippen LogP contribution in [0.15, 0.2) is 65.6 Å². The summed E-state index contributed by atoms with van der Waals surface area (Å²) >= 11 is 1.36. The number of halogens is 1. The number of carbonyl (C=O) groups excluding carboxylic acids is 2. The molecule has 30 heavy (non-hydrogen) atoms. The Bertz CT molecular complexity index is 1170. The summed E-state index contributed by atoms with van der Waals surface area (Å²) in [5.74, 6) is -2.46. The summed E-state index contributed by atoms with van der Waals surface area (Å²) in [5.41, 5.74) is 1.30. The summed E-state index contributed by atoms with van der Waals surface area (Å²) in [7, 11) is 1.38. The number of ether oxygens (including phenoxy) is 1. The minimum atomic E-state index is -0.834. The van der Waals surface area contributed by atoms with Gasteiger partial charge in [-0.1, -0.05) is 24.3 Å². The third kappa shape index (κ3) is 3.17. The largest absolute Gasteiger partial charge is 0.507 e. The second-order valence-corrected chi connectivity index (χ2v) is 7.79. The van der Waals surface area contributed by atoms with E-state index in [0.29, 0.717) is 10.6 Å². The Kier molecular flexibility index (Phi) is 5.13. The molecule has 1 aromatic heterocycles. The molecule has 2 heterocycles. The molecule has 1 aliphatic rings. The summed E-state index contributed by atoms with van der Waals surface area (Å²) in [6.45, 7) is 1.84. The zero-order valence-corrected chi connectivity index (χ0v) is 17.1. The predicted molar refractivity (Wildman–Crippen MR) is 113 cm³/mol. The molecule has 3 aromatic rings. The van der Waals surface area contributed by atoms with Gasteiger partial charge in [0.2, 0.25) is 0 Å². The van der Waals surface area contributed by atoms with Crippen molar-refractivity contribution in [1.29, 1.82) is 0 Å². The molecule has 0 spiro atoms. The molecular formula is C23H18FNO4S. The number of hydrogen-bond acceptors (Lipinski definition) is 5. The molecule has 0 aliphatic carbocycles. The van der Waals surface area contributed by atoms with E-state index in [0.717, 1.165) is 11.6 Å². The molecule has 1 aliphatic heterocycles. The second kappa shape index (κ2) is 7.76. The number of hydrogen-bond donors (Lipinski definition) is 1. The molecule has 1 unspecified atom stereocenters. The third-order valence-corrected chi connectivity index (χ3v) is 5.97. The normalized spacial score (nSPS) is 18.1. The van der Waals surface area contributed by atoms with Crippen LogP contribution in [0.2, 0.25) is 0 Å². The van der Waals surface area contributed by atoms with Crippen molar-refractivity contribution in [3.05, 3.63) is 87.4 Å². The van der Waals surface area contributed by atoms with Crippen LogP contribution in [0.3, 0.4) is 0 Å². The lowest BCUT2D eigenvalue weighted by Gasteiger charge is -2.25. The van der Waals surface area contributed by atoms with Gasteiger partial charge in [-0.05, 0) is 48.2 Å². The first kappa shape index (κ1) is 19.8. The highest BCUT2D eigenvalue weighted by molar-refractivity contribution is 7.10. The van der Waals surface area contributed by atoms with Crippen molar-refractivity contribution in [3.8, 4) is 5.75 Å². The smallest absolute Gasteiger partial charge is 0.300 e. The van der Waals surface area contributed by atoms with E-state index in [4.69, 9.17) is 4.74 Å². The number of nitrogens with zero attached hydrogens (tertiary/aromatic N) is 1. The molecule has 1 N–H and O–H groups in total. The number of ketones is 1. The minimum absolute atomic E-state index is 0.0156. The van der Waals surface area contributed by atoms with Crippen LogP contribution in [0.4, 0.5) is 10.1 Å². The molecule has 2 aromatic carbocycles. The van der Waals surface area contributed by atoms with Crippen molar-refractivity contribution in [2.24, 2.45) is 0 Å². The number of aliphatic hydroxyl groups is 1. The highest BCUT2D eigenvalue weighted by atomic mass is 32.1. The quantitative estimate of drug-likeness (QED) is 0.371. The molecule has 1 amide bonds. The molecule has 5 nitrogen and oxygen atoms in total. The lowest BCUT2D eigenvalue weighted by molar-refractivity contribution is -0.132. The summed E-state index contributed by atoms with van der Waals surface area (Å²) in [5, 5.41) is 12.9. The molecular weight excluding hydrogens is 405 g/mol. The van der Waals surface area contributed by atoms with Gasteiger partial charge in [-0.15, -0.1) is 11.3 Å². The van der Waals surface area contributed by atoms with Crippen LogP contribution < -0.4 is 9.64 Å². The lowest BCUT2D eigenvalue weighted by Crippen LogP contribution is -2.29. The number of amides is 1. The van der Waals surface area contributed by atoms with Gasteiger partial charge in [0.1, 0.15) is 23.4 Å². The molecule has 0 radical (unpaired) electrons. The van der Waals surface area contributed by atoms with Crippen LogP contribution in [0.5, 0.6) is 5.75 Å². The van der Waals surface area contributed by atoms with E-state index in [-0.39, 0.29) is 16.9 Å². The highest BCUT2D eigenvalue weighted by Gasteiger charge is 2.48. The van der Waals surface area contributed by atoms with E-state index < -0.39 is 29.3 Å². The van der Waals surface area contributed by atoms with E-state index >= 15 is 0 Å². The Morgan fingerprint density at radius 3 is 2.57 bits per heavy atom. The number of para-hydroxylation sites is 1. The van der Waals surface area contributed by atoms with Crippen molar-refractivity contribution < 1.29 is 23.8 Å². The molecule has 4 rings (SSSR count). The fourth-order valence-corrected chi connectivity index (χ4v) is 4.46. The van der Waals surface area contributed by atoms with Gasteiger partial charge >= 0.3 is 0 Å². The van der Waals surface area contributed by atoms with Crippen molar-refractivity contribution in [1.82, 2.24) is 0 Å². The number of methoxy groups -OCH3 is 1. The standard InChI is InChI=1S/C23H18FNO4S/c1-13-6-3-4-7-16(13)25-20(18-8-5-11-30-18)19(22(27)23(25)28)21(26)15-12-14(24)9-10-17(15)29-2/h3-12,20,26H,1-2H3/b21-19-. The topological polar surface area (TPSA) is 66.8 Å². The van der Waals surface area contributed by atoms with Gasteiger partial charge in [0.05, 0.1) is 18.2 Å². The van der Waals surface area contributed by atoms with E-state index in [1.807, 2.05) is 24.4 Å². The number of rotatable bonds is 4. The van der Waals surface area contributed by atoms with Crippen molar-refractivity contribution in [2.45, 2.75) is 13.0 Å². The maximum absolute atomic E-state index is 13.9. The molecule has 1 fully saturated rings. The Balaban J connectivity index is 1.98. The SMILES string of the molecule is COc1ccc(F)cc1/C(O)=C1/C(=O)C(=O)N(c2ccccc2C)C1c1cccs1. The molecule has 1 atom stereocenters. The molecule has 7 heteroatoms. The average molecular weight is 423 g/mol.